The topological polar surface area (TPSA) is 26.3 Å². The highest BCUT2D eigenvalue weighted by Crippen LogP contribution is 2.16. The van der Waals surface area contributed by atoms with E-state index in [0.717, 1.165) is 5.56 Å². The van der Waals surface area contributed by atoms with E-state index in [0.29, 0.717) is 17.9 Å². The highest BCUT2D eigenvalue weighted by Gasteiger charge is 2.05. The molecule has 20 heavy (non-hydrogen) atoms. The molecule has 2 rings (SSSR count). The van der Waals surface area contributed by atoms with Crippen molar-refractivity contribution in [3.8, 4) is 17.6 Å². The number of Topliss-reactive ketones (excluding diaryl/α,β-unsaturated/α-hetero) is 1. The number of ketones is 1. The predicted molar refractivity (Wildman–Crippen MR) is 79.6 cm³/mol. The second-order valence-corrected chi connectivity index (χ2v) is 4.33. The lowest BCUT2D eigenvalue weighted by Gasteiger charge is -2.07. The van der Waals surface area contributed by atoms with Gasteiger partial charge in [-0.15, -0.1) is 5.92 Å². The standard InChI is InChI=1S/C18H16O2/c1-2-3-12-18(19)16-10-7-11-17(13-16)20-14-15-8-5-4-6-9-15/h4-11,13H,12,14H2,1H3. The van der Waals surface area contributed by atoms with Crippen molar-refractivity contribution in [1.82, 2.24) is 0 Å². The molecule has 0 amide bonds. The van der Waals surface area contributed by atoms with Crippen molar-refractivity contribution in [3.05, 3.63) is 65.7 Å². The zero-order valence-electron chi connectivity index (χ0n) is 11.4. The van der Waals surface area contributed by atoms with Crippen molar-refractivity contribution in [2.75, 3.05) is 0 Å². The van der Waals surface area contributed by atoms with Crippen molar-refractivity contribution in [3.63, 3.8) is 0 Å². The average Bonchev–Trinajstić information content (AvgIpc) is 2.52. The number of benzene rings is 2. The zero-order valence-corrected chi connectivity index (χ0v) is 11.4. The van der Waals surface area contributed by atoms with E-state index >= 15 is 0 Å². The van der Waals surface area contributed by atoms with Crippen LogP contribution in [0.5, 0.6) is 5.75 Å². The lowest BCUT2D eigenvalue weighted by molar-refractivity contribution is 0.0997. The molecule has 100 valence electrons. The summed E-state index contributed by atoms with van der Waals surface area (Å²) >= 11 is 0. The smallest absolute Gasteiger partial charge is 0.174 e. The minimum absolute atomic E-state index is 0.0181. The average molecular weight is 264 g/mol. The molecule has 0 aliphatic heterocycles. The van der Waals surface area contributed by atoms with Crippen LogP contribution in [-0.4, -0.2) is 5.78 Å². The van der Waals surface area contributed by atoms with Crippen LogP contribution in [0.15, 0.2) is 54.6 Å². The second-order valence-electron chi connectivity index (χ2n) is 4.33. The molecule has 0 atom stereocenters. The van der Waals surface area contributed by atoms with Gasteiger partial charge in [0.1, 0.15) is 12.4 Å². The van der Waals surface area contributed by atoms with Crippen LogP contribution < -0.4 is 4.74 Å². The van der Waals surface area contributed by atoms with Crippen LogP contribution >= 0.6 is 0 Å². The molecule has 0 saturated heterocycles. The normalized spacial score (nSPS) is 9.45. The van der Waals surface area contributed by atoms with Crippen LogP contribution in [-0.2, 0) is 6.61 Å². The van der Waals surface area contributed by atoms with Gasteiger partial charge in [-0.3, -0.25) is 4.79 Å². The highest BCUT2D eigenvalue weighted by molar-refractivity contribution is 5.97. The molecule has 0 aliphatic carbocycles. The van der Waals surface area contributed by atoms with Gasteiger partial charge < -0.3 is 4.74 Å². The third-order valence-corrected chi connectivity index (χ3v) is 2.83. The summed E-state index contributed by atoms with van der Waals surface area (Å²) in [4.78, 5) is 11.9. The van der Waals surface area contributed by atoms with Crippen LogP contribution in [0.3, 0.4) is 0 Å². The summed E-state index contributed by atoms with van der Waals surface area (Å²) < 4.78 is 5.70. The number of rotatable bonds is 5. The van der Waals surface area contributed by atoms with Crippen LogP contribution in [0.25, 0.3) is 0 Å². The molecule has 0 bridgehead atoms. The van der Waals surface area contributed by atoms with Gasteiger partial charge in [-0.1, -0.05) is 48.4 Å². The van der Waals surface area contributed by atoms with Gasteiger partial charge in [-0.25, -0.2) is 0 Å². The first-order valence-electron chi connectivity index (χ1n) is 6.49. The molecule has 0 aromatic heterocycles. The molecule has 0 radical (unpaired) electrons. The number of hydrogen-bond acceptors (Lipinski definition) is 2. The molecule has 2 heteroatoms. The van der Waals surface area contributed by atoms with Crippen molar-refractivity contribution < 1.29 is 9.53 Å². The molecule has 0 fully saturated rings. The molecule has 0 heterocycles. The quantitative estimate of drug-likeness (QED) is 0.605. The molecule has 0 saturated carbocycles. The Morgan fingerprint density at radius 3 is 2.65 bits per heavy atom. The Labute approximate surface area is 119 Å². The number of carbonyl (C=O) groups excluding carboxylic acids is 1. The maximum absolute atomic E-state index is 11.9. The SMILES string of the molecule is CC#CCC(=O)c1cccc(OCc2ccccc2)c1. The van der Waals surface area contributed by atoms with Crippen LogP contribution in [0.4, 0.5) is 0 Å². The lowest BCUT2D eigenvalue weighted by atomic mass is 10.1. The van der Waals surface area contributed by atoms with E-state index in [1.807, 2.05) is 42.5 Å². The second kappa shape index (κ2) is 7.16. The third-order valence-electron chi connectivity index (χ3n) is 2.83. The summed E-state index contributed by atoms with van der Waals surface area (Å²) in [6, 6.07) is 17.2. The Bertz CT molecular complexity index is 633. The summed E-state index contributed by atoms with van der Waals surface area (Å²) in [5.41, 5.74) is 1.74. The van der Waals surface area contributed by atoms with E-state index in [1.54, 1.807) is 19.1 Å². The minimum Gasteiger partial charge on any atom is -0.489 e. The highest BCUT2D eigenvalue weighted by atomic mass is 16.5. The Balaban J connectivity index is 2.02. The predicted octanol–water partition coefficient (Wildman–Crippen LogP) is 3.86. The molecule has 0 unspecified atom stereocenters. The summed E-state index contributed by atoms with van der Waals surface area (Å²) in [7, 11) is 0. The van der Waals surface area contributed by atoms with Crippen LogP contribution in [0.1, 0.15) is 29.3 Å². The molecule has 2 aromatic rings. The van der Waals surface area contributed by atoms with Crippen LogP contribution in [0, 0.1) is 11.8 Å². The summed E-state index contributed by atoms with van der Waals surface area (Å²) in [6.45, 7) is 2.22. The van der Waals surface area contributed by atoms with E-state index in [-0.39, 0.29) is 12.2 Å². The van der Waals surface area contributed by atoms with Gasteiger partial charge in [-0.05, 0) is 24.6 Å². The fraction of sp³-hybridized carbons (Fsp3) is 0.167. The third kappa shape index (κ3) is 4.00. The fourth-order valence-corrected chi connectivity index (χ4v) is 1.77. The summed E-state index contributed by atoms with van der Waals surface area (Å²) in [5, 5.41) is 0. The van der Waals surface area contributed by atoms with Gasteiger partial charge in [-0.2, -0.15) is 0 Å². The van der Waals surface area contributed by atoms with Gasteiger partial charge in [0.25, 0.3) is 0 Å². The van der Waals surface area contributed by atoms with Crippen molar-refractivity contribution in [1.29, 1.82) is 0 Å². The van der Waals surface area contributed by atoms with E-state index in [2.05, 4.69) is 11.8 Å². The van der Waals surface area contributed by atoms with Gasteiger partial charge in [0.05, 0.1) is 6.42 Å². The molecule has 2 aromatic carbocycles. The first-order chi connectivity index (χ1) is 9.79. The van der Waals surface area contributed by atoms with Crippen molar-refractivity contribution in [2.45, 2.75) is 20.0 Å². The Kier molecular flexibility index (Phi) is 4.97. The monoisotopic (exact) mass is 264 g/mol. The van der Waals surface area contributed by atoms with E-state index in [1.165, 1.54) is 0 Å². The molecule has 0 N–H and O–H groups in total. The van der Waals surface area contributed by atoms with Gasteiger partial charge in [0.2, 0.25) is 0 Å². The molecule has 0 aliphatic rings. The van der Waals surface area contributed by atoms with Gasteiger partial charge in [0, 0.05) is 5.56 Å². The molecule has 0 spiro atoms. The number of ether oxygens (including phenoxy) is 1. The van der Waals surface area contributed by atoms with Crippen LogP contribution in [0.2, 0.25) is 0 Å². The van der Waals surface area contributed by atoms with E-state index in [4.69, 9.17) is 4.74 Å². The number of hydrogen-bond donors (Lipinski definition) is 0. The summed E-state index contributed by atoms with van der Waals surface area (Å²) in [5.74, 6) is 6.23. The minimum atomic E-state index is 0.0181. The lowest BCUT2D eigenvalue weighted by Crippen LogP contribution is -1.99. The fourth-order valence-electron chi connectivity index (χ4n) is 1.77. The van der Waals surface area contributed by atoms with Gasteiger partial charge in [0.15, 0.2) is 5.78 Å². The maximum atomic E-state index is 11.9. The first-order valence-corrected chi connectivity index (χ1v) is 6.49. The Morgan fingerprint density at radius 2 is 1.90 bits per heavy atom. The number of carbonyl (C=O) groups is 1. The van der Waals surface area contributed by atoms with Gasteiger partial charge >= 0.3 is 0 Å². The zero-order chi connectivity index (χ0) is 14.2. The van der Waals surface area contributed by atoms with E-state index in [9.17, 15) is 4.79 Å². The molecule has 2 nitrogen and oxygen atoms in total. The Morgan fingerprint density at radius 1 is 1.10 bits per heavy atom. The van der Waals surface area contributed by atoms with E-state index < -0.39 is 0 Å². The first kappa shape index (κ1) is 13.9. The largest absolute Gasteiger partial charge is 0.489 e. The molecular formula is C18H16O2. The molecular weight excluding hydrogens is 248 g/mol. The summed E-state index contributed by atoms with van der Waals surface area (Å²) in [6.07, 6.45) is 0.249. The Hall–Kier alpha value is -2.53. The van der Waals surface area contributed by atoms with Crippen molar-refractivity contribution >= 4 is 5.78 Å². The maximum Gasteiger partial charge on any atom is 0.174 e. The van der Waals surface area contributed by atoms with Crippen molar-refractivity contribution in [2.24, 2.45) is 0 Å².